The van der Waals surface area contributed by atoms with Crippen LogP contribution in [0.15, 0.2) is 29.6 Å². The van der Waals surface area contributed by atoms with Gasteiger partial charge in [0.15, 0.2) is 0 Å². The van der Waals surface area contributed by atoms with Crippen molar-refractivity contribution in [1.82, 2.24) is 10.3 Å². The highest BCUT2D eigenvalue weighted by molar-refractivity contribution is 7.09. The molecule has 1 atom stereocenters. The van der Waals surface area contributed by atoms with Gasteiger partial charge in [0.05, 0.1) is 23.9 Å². The molecule has 2 rings (SSSR count). The molecule has 1 N–H and O–H groups in total. The van der Waals surface area contributed by atoms with E-state index in [0.29, 0.717) is 6.04 Å². The Kier molecular flexibility index (Phi) is 5.56. The van der Waals surface area contributed by atoms with Gasteiger partial charge in [0, 0.05) is 5.38 Å². The van der Waals surface area contributed by atoms with Gasteiger partial charge in [-0.15, -0.1) is 11.3 Å². The van der Waals surface area contributed by atoms with Crippen molar-refractivity contribution in [3.05, 3.63) is 45.9 Å². The van der Waals surface area contributed by atoms with Crippen LogP contribution in [0.25, 0.3) is 0 Å². The van der Waals surface area contributed by atoms with Crippen LogP contribution in [0.2, 0.25) is 0 Å². The molecule has 0 spiro atoms. The third kappa shape index (κ3) is 4.05. The SMILES string of the molecule is CCNC(CCc1ccc(OC)cc1)c1csc(C)n1. The van der Waals surface area contributed by atoms with Gasteiger partial charge in [-0.3, -0.25) is 0 Å². The van der Waals surface area contributed by atoms with Crippen LogP contribution in [0.3, 0.4) is 0 Å². The van der Waals surface area contributed by atoms with Crippen molar-refractivity contribution in [3.63, 3.8) is 0 Å². The van der Waals surface area contributed by atoms with Gasteiger partial charge in [-0.1, -0.05) is 19.1 Å². The Labute approximate surface area is 125 Å². The maximum Gasteiger partial charge on any atom is 0.118 e. The summed E-state index contributed by atoms with van der Waals surface area (Å²) in [7, 11) is 1.70. The maximum absolute atomic E-state index is 5.18. The van der Waals surface area contributed by atoms with E-state index >= 15 is 0 Å². The Bertz CT molecular complexity index is 522. The average Bonchev–Trinajstić information content (AvgIpc) is 2.90. The van der Waals surface area contributed by atoms with Crippen LogP contribution in [-0.2, 0) is 6.42 Å². The third-order valence-corrected chi connectivity index (χ3v) is 4.12. The first-order valence-corrected chi connectivity index (χ1v) is 7.89. The van der Waals surface area contributed by atoms with Crippen molar-refractivity contribution in [2.75, 3.05) is 13.7 Å². The minimum atomic E-state index is 0.340. The van der Waals surface area contributed by atoms with Crippen LogP contribution in [0.5, 0.6) is 5.75 Å². The molecule has 0 saturated carbocycles. The fraction of sp³-hybridized carbons (Fsp3) is 0.438. The molecule has 1 heterocycles. The lowest BCUT2D eigenvalue weighted by molar-refractivity contribution is 0.414. The van der Waals surface area contributed by atoms with E-state index in [1.54, 1.807) is 18.4 Å². The van der Waals surface area contributed by atoms with Crippen molar-refractivity contribution >= 4 is 11.3 Å². The molecule has 0 amide bonds. The van der Waals surface area contributed by atoms with E-state index in [4.69, 9.17) is 4.74 Å². The van der Waals surface area contributed by atoms with Crippen LogP contribution in [0.1, 0.15) is 35.7 Å². The molecular formula is C16H22N2OS. The first-order chi connectivity index (χ1) is 9.72. The summed E-state index contributed by atoms with van der Waals surface area (Å²) in [6.07, 6.45) is 2.10. The van der Waals surface area contributed by atoms with Crippen LogP contribution in [0, 0.1) is 6.92 Å². The number of ether oxygens (including phenoxy) is 1. The fourth-order valence-corrected chi connectivity index (χ4v) is 2.91. The minimum Gasteiger partial charge on any atom is -0.497 e. The first-order valence-electron chi connectivity index (χ1n) is 7.01. The number of nitrogens with zero attached hydrogens (tertiary/aromatic N) is 1. The molecule has 0 aliphatic heterocycles. The smallest absolute Gasteiger partial charge is 0.118 e. The van der Waals surface area contributed by atoms with Gasteiger partial charge in [0.1, 0.15) is 5.75 Å². The normalized spacial score (nSPS) is 12.3. The van der Waals surface area contributed by atoms with Crippen molar-refractivity contribution in [2.24, 2.45) is 0 Å². The van der Waals surface area contributed by atoms with E-state index in [1.165, 1.54) is 11.3 Å². The average molecular weight is 290 g/mol. The predicted molar refractivity (Wildman–Crippen MR) is 84.6 cm³/mol. The van der Waals surface area contributed by atoms with E-state index in [0.717, 1.165) is 30.1 Å². The third-order valence-electron chi connectivity index (χ3n) is 3.33. The molecule has 1 aromatic heterocycles. The number of thiazole rings is 1. The summed E-state index contributed by atoms with van der Waals surface area (Å²) in [6, 6.07) is 8.64. The van der Waals surface area contributed by atoms with E-state index in [-0.39, 0.29) is 0 Å². The van der Waals surface area contributed by atoms with Gasteiger partial charge in [-0.05, 0) is 44.0 Å². The second kappa shape index (κ2) is 7.41. The highest BCUT2D eigenvalue weighted by atomic mass is 32.1. The summed E-state index contributed by atoms with van der Waals surface area (Å²) < 4.78 is 5.18. The molecule has 0 aliphatic carbocycles. The summed E-state index contributed by atoms with van der Waals surface area (Å²) in [6.45, 7) is 5.16. The molecule has 108 valence electrons. The monoisotopic (exact) mass is 290 g/mol. The standard InChI is InChI=1S/C16H22N2OS/c1-4-17-15(16-11-20-12(2)18-16)10-7-13-5-8-14(19-3)9-6-13/h5-6,8-9,11,15,17H,4,7,10H2,1-3H3. The van der Waals surface area contributed by atoms with Crippen LogP contribution < -0.4 is 10.1 Å². The first kappa shape index (κ1) is 15.0. The molecule has 2 aromatic rings. The van der Waals surface area contributed by atoms with Crippen LogP contribution in [-0.4, -0.2) is 18.6 Å². The summed E-state index contributed by atoms with van der Waals surface area (Å²) in [5.41, 5.74) is 2.50. The van der Waals surface area contributed by atoms with Crippen molar-refractivity contribution in [1.29, 1.82) is 0 Å². The van der Waals surface area contributed by atoms with Crippen LogP contribution in [0.4, 0.5) is 0 Å². The molecule has 1 unspecified atom stereocenters. The molecule has 0 fully saturated rings. The Balaban J connectivity index is 1.97. The van der Waals surface area contributed by atoms with Crippen molar-refractivity contribution < 1.29 is 4.74 Å². The number of hydrogen-bond donors (Lipinski definition) is 1. The van der Waals surface area contributed by atoms with Gasteiger partial charge >= 0.3 is 0 Å². The second-order valence-corrected chi connectivity index (χ2v) is 5.85. The number of aryl methyl sites for hydroxylation is 2. The molecule has 0 saturated heterocycles. The second-order valence-electron chi connectivity index (χ2n) is 4.79. The van der Waals surface area contributed by atoms with E-state index in [1.807, 2.05) is 12.1 Å². The largest absolute Gasteiger partial charge is 0.497 e. The van der Waals surface area contributed by atoms with Crippen molar-refractivity contribution in [2.45, 2.75) is 32.7 Å². The lowest BCUT2D eigenvalue weighted by Crippen LogP contribution is -2.21. The number of hydrogen-bond acceptors (Lipinski definition) is 4. The molecule has 4 heteroatoms. The van der Waals surface area contributed by atoms with E-state index in [2.05, 4.69) is 41.7 Å². The highest BCUT2D eigenvalue weighted by Crippen LogP contribution is 2.22. The Morgan fingerprint density at radius 1 is 1.30 bits per heavy atom. The Hall–Kier alpha value is -1.39. The van der Waals surface area contributed by atoms with Gasteiger partial charge < -0.3 is 10.1 Å². The van der Waals surface area contributed by atoms with Gasteiger partial charge in [-0.25, -0.2) is 4.98 Å². The summed E-state index contributed by atoms with van der Waals surface area (Å²) in [5, 5.41) is 6.82. The van der Waals surface area contributed by atoms with E-state index < -0.39 is 0 Å². The summed E-state index contributed by atoms with van der Waals surface area (Å²) in [5.74, 6) is 0.909. The Morgan fingerprint density at radius 3 is 2.60 bits per heavy atom. The maximum atomic E-state index is 5.18. The van der Waals surface area contributed by atoms with Crippen molar-refractivity contribution in [3.8, 4) is 5.75 Å². The van der Waals surface area contributed by atoms with Gasteiger partial charge in [-0.2, -0.15) is 0 Å². The van der Waals surface area contributed by atoms with E-state index in [9.17, 15) is 0 Å². The lowest BCUT2D eigenvalue weighted by Gasteiger charge is -2.15. The zero-order valence-electron chi connectivity index (χ0n) is 12.3. The number of benzene rings is 1. The quantitative estimate of drug-likeness (QED) is 0.843. The number of aromatic nitrogens is 1. The predicted octanol–water partition coefficient (Wildman–Crippen LogP) is 3.74. The summed E-state index contributed by atoms with van der Waals surface area (Å²) >= 11 is 1.72. The number of methoxy groups -OCH3 is 1. The Morgan fingerprint density at radius 2 is 2.05 bits per heavy atom. The van der Waals surface area contributed by atoms with Crippen LogP contribution >= 0.6 is 11.3 Å². The minimum absolute atomic E-state index is 0.340. The topological polar surface area (TPSA) is 34.1 Å². The molecule has 1 aromatic carbocycles. The summed E-state index contributed by atoms with van der Waals surface area (Å²) in [4.78, 5) is 4.61. The molecule has 3 nitrogen and oxygen atoms in total. The lowest BCUT2D eigenvalue weighted by atomic mass is 10.0. The molecule has 0 radical (unpaired) electrons. The van der Waals surface area contributed by atoms with Gasteiger partial charge in [0.2, 0.25) is 0 Å². The molecule has 20 heavy (non-hydrogen) atoms. The fourth-order valence-electron chi connectivity index (χ4n) is 2.24. The molecular weight excluding hydrogens is 268 g/mol. The highest BCUT2D eigenvalue weighted by Gasteiger charge is 2.13. The zero-order chi connectivity index (χ0) is 14.4. The molecule has 0 bridgehead atoms. The van der Waals surface area contributed by atoms with Gasteiger partial charge in [0.25, 0.3) is 0 Å². The zero-order valence-corrected chi connectivity index (χ0v) is 13.2. The number of rotatable bonds is 7. The number of nitrogens with one attached hydrogen (secondary N) is 1. The molecule has 0 aliphatic rings.